The molecule has 12 nitrogen and oxygen atoms in total. The number of rotatable bonds is 5. The number of hydrogen-bond acceptors (Lipinski definition) is 9. The number of hydrogen-bond donors (Lipinski definition) is 3. The van der Waals surface area contributed by atoms with Crippen molar-refractivity contribution < 1.29 is 33.5 Å². The van der Waals surface area contributed by atoms with Crippen molar-refractivity contribution in [2.45, 2.75) is 12.2 Å². The molecule has 3 amide bonds. The minimum absolute atomic E-state index is 0.103. The number of aromatic nitrogens is 1. The third-order valence-corrected chi connectivity index (χ3v) is 6.15. The van der Waals surface area contributed by atoms with E-state index < -0.39 is 24.0 Å². The number of amides is 3. The highest BCUT2D eigenvalue weighted by atomic mass is 16.5. The van der Waals surface area contributed by atoms with Gasteiger partial charge in [0.15, 0.2) is 23.6 Å². The standard InChI is InChI=1S/C24H25N5O7/c25-21-17-5-4-15(13-18(17)36-27-21)26-22(31)19(30)20-24(33)29(8-11-35-20)16-3-1-2-14(12-16)23(32)28-6-9-34-10-7-28/h1-5,12-13,19-20,30H,6-11H2,(H2,25,27)(H,26,31). The minimum Gasteiger partial charge on any atom is -0.380 e. The van der Waals surface area contributed by atoms with Crippen LogP contribution >= 0.6 is 0 Å². The summed E-state index contributed by atoms with van der Waals surface area (Å²) in [7, 11) is 0. The maximum atomic E-state index is 13.2. The van der Waals surface area contributed by atoms with Crippen molar-refractivity contribution >= 4 is 45.9 Å². The number of nitrogens with one attached hydrogen (secondary N) is 1. The second kappa shape index (κ2) is 9.93. The number of ether oxygens (including phenoxy) is 2. The Bertz CT molecular complexity index is 1300. The molecule has 12 heteroatoms. The molecule has 3 heterocycles. The van der Waals surface area contributed by atoms with E-state index in [0.29, 0.717) is 54.2 Å². The van der Waals surface area contributed by atoms with Crippen LogP contribution in [-0.4, -0.2) is 84.5 Å². The van der Waals surface area contributed by atoms with Crippen molar-refractivity contribution in [3.05, 3.63) is 48.0 Å². The van der Waals surface area contributed by atoms with E-state index in [-0.39, 0.29) is 24.9 Å². The van der Waals surface area contributed by atoms with Gasteiger partial charge in [-0.1, -0.05) is 11.2 Å². The molecule has 0 saturated carbocycles. The monoisotopic (exact) mass is 495 g/mol. The first kappa shape index (κ1) is 23.7. The van der Waals surface area contributed by atoms with Gasteiger partial charge in [0.25, 0.3) is 17.7 Å². The summed E-state index contributed by atoms with van der Waals surface area (Å²) >= 11 is 0. The van der Waals surface area contributed by atoms with Crippen molar-refractivity contribution in [3.63, 3.8) is 0 Å². The highest BCUT2D eigenvalue weighted by Crippen LogP contribution is 2.25. The largest absolute Gasteiger partial charge is 0.380 e. The van der Waals surface area contributed by atoms with Gasteiger partial charge in [-0.2, -0.15) is 0 Å². The Labute approximate surface area is 205 Å². The molecule has 188 valence electrons. The van der Waals surface area contributed by atoms with Crippen molar-refractivity contribution in [3.8, 4) is 0 Å². The van der Waals surface area contributed by atoms with Gasteiger partial charge >= 0.3 is 0 Å². The molecule has 2 aliphatic rings. The summed E-state index contributed by atoms with van der Waals surface area (Å²) in [6, 6.07) is 11.4. The van der Waals surface area contributed by atoms with E-state index in [1.165, 1.54) is 11.0 Å². The number of carbonyl (C=O) groups is 3. The fourth-order valence-electron chi connectivity index (χ4n) is 4.23. The average molecular weight is 495 g/mol. The number of aliphatic hydroxyl groups excluding tert-OH is 1. The van der Waals surface area contributed by atoms with E-state index in [0.717, 1.165) is 0 Å². The summed E-state index contributed by atoms with van der Waals surface area (Å²) in [5.74, 6) is -1.33. The van der Waals surface area contributed by atoms with Crippen molar-refractivity contribution in [2.75, 3.05) is 55.4 Å². The van der Waals surface area contributed by atoms with Crippen LogP contribution < -0.4 is 16.0 Å². The summed E-state index contributed by atoms with van der Waals surface area (Å²) in [6.45, 7) is 2.28. The fourth-order valence-corrected chi connectivity index (χ4v) is 4.23. The van der Waals surface area contributed by atoms with Gasteiger partial charge in [-0.05, 0) is 30.3 Å². The molecule has 2 saturated heterocycles. The zero-order chi connectivity index (χ0) is 25.2. The Morgan fingerprint density at radius 2 is 1.92 bits per heavy atom. The predicted octanol–water partition coefficient (Wildman–Crippen LogP) is 0.614. The van der Waals surface area contributed by atoms with Gasteiger partial charge in [-0.25, -0.2) is 0 Å². The zero-order valence-corrected chi connectivity index (χ0v) is 19.3. The first-order chi connectivity index (χ1) is 17.4. The van der Waals surface area contributed by atoms with Crippen molar-refractivity contribution in [1.29, 1.82) is 0 Å². The Morgan fingerprint density at radius 3 is 2.72 bits per heavy atom. The molecule has 2 fully saturated rings. The van der Waals surface area contributed by atoms with Gasteiger partial charge < -0.3 is 40.0 Å². The minimum atomic E-state index is -1.77. The number of anilines is 3. The average Bonchev–Trinajstić information content (AvgIpc) is 3.28. The number of nitrogens with zero attached hydrogens (tertiary/aromatic N) is 3. The topological polar surface area (TPSA) is 160 Å². The zero-order valence-electron chi connectivity index (χ0n) is 19.3. The predicted molar refractivity (Wildman–Crippen MR) is 128 cm³/mol. The second-order valence-electron chi connectivity index (χ2n) is 8.45. The van der Waals surface area contributed by atoms with Crippen molar-refractivity contribution in [2.24, 2.45) is 0 Å². The Kier molecular flexibility index (Phi) is 6.55. The summed E-state index contributed by atoms with van der Waals surface area (Å²) in [5.41, 5.74) is 7.31. The summed E-state index contributed by atoms with van der Waals surface area (Å²) < 4.78 is 15.9. The number of aliphatic hydroxyl groups is 1. The molecule has 2 aliphatic heterocycles. The summed E-state index contributed by atoms with van der Waals surface area (Å²) in [4.78, 5) is 41.9. The van der Waals surface area contributed by atoms with Crippen LogP contribution in [0.5, 0.6) is 0 Å². The molecule has 3 aromatic rings. The van der Waals surface area contributed by atoms with Crippen LogP contribution in [0.25, 0.3) is 11.0 Å². The van der Waals surface area contributed by atoms with E-state index in [1.54, 1.807) is 41.3 Å². The molecular formula is C24H25N5O7. The first-order valence-corrected chi connectivity index (χ1v) is 11.5. The lowest BCUT2D eigenvalue weighted by molar-refractivity contribution is -0.150. The Hall–Kier alpha value is -4.00. The molecule has 2 aromatic carbocycles. The lowest BCUT2D eigenvalue weighted by atomic mass is 10.1. The molecule has 0 bridgehead atoms. The highest BCUT2D eigenvalue weighted by molar-refractivity contribution is 6.05. The third-order valence-electron chi connectivity index (χ3n) is 6.15. The normalized spacial score (nSPS) is 19.4. The molecule has 4 N–H and O–H groups in total. The van der Waals surface area contributed by atoms with Gasteiger partial charge in [-0.3, -0.25) is 14.4 Å². The summed E-state index contributed by atoms with van der Waals surface area (Å²) in [5, 5.41) is 17.4. The Morgan fingerprint density at radius 1 is 1.11 bits per heavy atom. The number of morpholine rings is 2. The second-order valence-corrected chi connectivity index (χ2v) is 8.45. The number of nitrogens with two attached hydrogens (primary N) is 1. The van der Waals surface area contributed by atoms with Crippen molar-refractivity contribution in [1.82, 2.24) is 10.1 Å². The molecule has 36 heavy (non-hydrogen) atoms. The van der Waals surface area contributed by atoms with Gasteiger partial charge in [0.2, 0.25) is 0 Å². The maximum absolute atomic E-state index is 13.2. The molecule has 2 unspecified atom stereocenters. The van der Waals surface area contributed by atoms with Gasteiger partial charge in [0.1, 0.15) is 0 Å². The van der Waals surface area contributed by atoms with Gasteiger partial charge in [0.05, 0.1) is 25.2 Å². The molecule has 5 rings (SSSR count). The van der Waals surface area contributed by atoms with E-state index in [4.69, 9.17) is 19.7 Å². The molecular weight excluding hydrogens is 470 g/mol. The van der Waals surface area contributed by atoms with E-state index in [9.17, 15) is 19.5 Å². The first-order valence-electron chi connectivity index (χ1n) is 11.5. The fraction of sp³-hybridized carbons (Fsp3) is 0.333. The van der Waals surface area contributed by atoms with Crippen LogP contribution in [0.15, 0.2) is 47.0 Å². The van der Waals surface area contributed by atoms with Crippen LogP contribution in [0, 0.1) is 0 Å². The smallest absolute Gasteiger partial charge is 0.259 e. The van der Waals surface area contributed by atoms with E-state index >= 15 is 0 Å². The molecule has 1 aromatic heterocycles. The maximum Gasteiger partial charge on any atom is 0.259 e. The number of benzene rings is 2. The van der Waals surface area contributed by atoms with Gasteiger partial charge in [0, 0.05) is 42.6 Å². The van der Waals surface area contributed by atoms with Crippen LogP contribution in [-0.2, 0) is 19.1 Å². The quantitative estimate of drug-likeness (QED) is 0.461. The number of nitrogen functional groups attached to an aromatic ring is 1. The number of carbonyl (C=O) groups excluding carboxylic acids is 3. The van der Waals surface area contributed by atoms with Crippen LogP contribution in [0.2, 0.25) is 0 Å². The molecule has 0 radical (unpaired) electrons. The summed E-state index contributed by atoms with van der Waals surface area (Å²) in [6.07, 6.45) is -3.18. The lowest BCUT2D eigenvalue weighted by Gasteiger charge is -2.34. The molecule has 2 atom stereocenters. The van der Waals surface area contributed by atoms with Crippen LogP contribution in [0.4, 0.5) is 17.2 Å². The Balaban J connectivity index is 1.28. The molecule has 0 aliphatic carbocycles. The van der Waals surface area contributed by atoms with E-state index in [1.807, 2.05) is 0 Å². The SMILES string of the molecule is Nc1noc2cc(NC(=O)C(O)C3OCCN(c4cccc(C(=O)N5CCOCC5)c4)C3=O)ccc12. The van der Waals surface area contributed by atoms with Gasteiger partial charge in [-0.15, -0.1) is 0 Å². The van der Waals surface area contributed by atoms with E-state index in [2.05, 4.69) is 10.5 Å². The lowest BCUT2D eigenvalue weighted by Crippen LogP contribution is -2.55. The van der Waals surface area contributed by atoms with Crippen LogP contribution in [0.3, 0.4) is 0 Å². The number of fused-ring (bicyclic) bond motifs is 1. The van der Waals surface area contributed by atoms with Crippen LogP contribution in [0.1, 0.15) is 10.4 Å². The third kappa shape index (κ3) is 4.61. The highest BCUT2D eigenvalue weighted by Gasteiger charge is 2.39. The molecule has 0 spiro atoms.